The van der Waals surface area contributed by atoms with Gasteiger partial charge in [0.15, 0.2) is 5.82 Å². The molecule has 7 rings (SSSR count). The van der Waals surface area contributed by atoms with Crippen LogP contribution in [0.4, 0.5) is 26.0 Å². The lowest BCUT2D eigenvalue weighted by Crippen LogP contribution is -2.44. The summed E-state index contributed by atoms with van der Waals surface area (Å²) in [6.45, 7) is 5.15. The molecule has 12 heteroatoms. The van der Waals surface area contributed by atoms with Crippen LogP contribution >= 0.6 is 0 Å². The number of anilines is 3. The Balaban J connectivity index is 1.22. The molecular formula is C35H36F2N8O2. The van der Waals surface area contributed by atoms with E-state index in [0.29, 0.717) is 41.1 Å². The van der Waals surface area contributed by atoms with E-state index in [1.807, 2.05) is 24.3 Å². The van der Waals surface area contributed by atoms with E-state index in [4.69, 9.17) is 4.74 Å². The van der Waals surface area contributed by atoms with Gasteiger partial charge in [0.05, 0.1) is 11.1 Å². The molecule has 0 radical (unpaired) electrons. The topological polar surface area (TPSA) is 111 Å². The Morgan fingerprint density at radius 2 is 1.72 bits per heavy atom. The number of fused-ring (bicyclic) bond motifs is 1. The zero-order chi connectivity index (χ0) is 32.3. The van der Waals surface area contributed by atoms with Crippen molar-refractivity contribution in [2.45, 2.75) is 25.3 Å². The van der Waals surface area contributed by atoms with E-state index < -0.39 is 11.6 Å². The highest BCUT2D eigenvalue weighted by molar-refractivity contribution is 6.11. The maximum Gasteiger partial charge on any atom is 0.258 e. The van der Waals surface area contributed by atoms with Crippen molar-refractivity contribution in [1.82, 2.24) is 25.1 Å². The standard InChI is InChI=1S/C35H36F2N8O2/c1-44-6-8-45(9-7-44)28-2-3-29(32(17-28)40-27-4-10-47-11-5-27)35(46)41-34-31-15-23(12-22-13-25(36)16-26(37)14-22)30(18-33(31)42-43-34)24-19-38-21-39-20-24/h2-3,13-21,27,40H,4-12H2,1H3,(H2,41,42,43,46). The molecular weight excluding hydrogens is 602 g/mol. The fraction of sp³-hybridized carbons (Fsp3) is 0.314. The van der Waals surface area contributed by atoms with Gasteiger partial charge in [-0.1, -0.05) is 0 Å². The molecule has 2 fully saturated rings. The van der Waals surface area contributed by atoms with Gasteiger partial charge in [0.2, 0.25) is 0 Å². The number of aromatic nitrogens is 4. The van der Waals surface area contributed by atoms with Crippen molar-refractivity contribution in [2.75, 3.05) is 62.0 Å². The minimum absolute atomic E-state index is 0.194. The third-order valence-corrected chi connectivity index (χ3v) is 8.90. The summed E-state index contributed by atoms with van der Waals surface area (Å²) in [7, 11) is 2.13. The highest BCUT2D eigenvalue weighted by atomic mass is 19.1. The number of hydrogen-bond donors (Lipinski definition) is 3. The lowest BCUT2D eigenvalue weighted by molar-refractivity contribution is 0.0904. The molecule has 2 aromatic heterocycles. The van der Waals surface area contributed by atoms with E-state index in [-0.39, 0.29) is 18.4 Å². The van der Waals surface area contributed by atoms with Crippen molar-refractivity contribution in [3.05, 3.63) is 95.6 Å². The molecule has 0 unspecified atom stereocenters. The molecule has 0 atom stereocenters. The van der Waals surface area contributed by atoms with Crippen molar-refractivity contribution in [1.29, 1.82) is 0 Å². The summed E-state index contributed by atoms with van der Waals surface area (Å²) >= 11 is 0. The first-order valence-corrected chi connectivity index (χ1v) is 15.8. The lowest BCUT2D eigenvalue weighted by Gasteiger charge is -2.34. The summed E-state index contributed by atoms with van der Waals surface area (Å²) in [5.74, 6) is -1.24. The molecule has 2 saturated heterocycles. The number of rotatable bonds is 8. The molecule has 2 aliphatic rings. The van der Waals surface area contributed by atoms with Gasteiger partial charge in [-0.25, -0.2) is 18.7 Å². The third-order valence-electron chi connectivity index (χ3n) is 8.90. The molecule has 3 aromatic carbocycles. The number of ether oxygens (including phenoxy) is 1. The van der Waals surface area contributed by atoms with Gasteiger partial charge in [-0.15, -0.1) is 0 Å². The maximum absolute atomic E-state index is 14.1. The zero-order valence-corrected chi connectivity index (χ0v) is 26.1. The maximum atomic E-state index is 14.1. The number of aromatic amines is 1. The second kappa shape index (κ2) is 13.4. The molecule has 0 aliphatic carbocycles. The van der Waals surface area contributed by atoms with Gasteiger partial charge < -0.3 is 25.2 Å². The number of halogens is 2. The first-order chi connectivity index (χ1) is 22.9. The van der Waals surface area contributed by atoms with Gasteiger partial charge in [0, 0.05) is 86.2 Å². The summed E-state index contributed by atoms with van der Waals surface area (Å²) in [4.78, 5) is 26.9. The van der Waals surface area contributed by atoms with Crippen molar-refractivity contribution in [3.63, 3.8) is 0 Å². The predicted molar refractivity (Wildman–Crippen MR) is 178 cm³/mol. The fourth-order valence-corrected chi connectivity index (χ4v) is 6.34. The Kier molecular flexibility index (Phi) is 8.77. The number of nitrogens with zero attached hydrogens (tertiary/aromatic N) is 5. The largest absolute Gasteiger partial charge is 0.381 e. The summed E-state index contributed by atoms with van der Waals surface area (Å²) in [6.07, 6.45) is 6.76. The average molecular weight is 639 g/mol. The van der Waals surface area contributed by atoms with E-state index >= 15 is 0 Å². The fourth-order valence-electron chi connectivity index (χ4n) is 6.34. The van der Waals surface area contributed by atoms with Crippen molar-refractivity contribution < 1.29 is 18.3 Å². The van der Waals surface area contributed by atoms with E-state index in [0.717, 1.165) is 73.2 Å². The smallest absolute Gasteiger partial charge is 0.258 e. The number of carbonyl (C=O) groups excluding carboxylic acids is 1. The number of carbonyl (C=O) groups is 1. The predicted octanol–water partition coefficient (Wildman–Crippen LogP) is 5.48. The third kappa shape index (κ3) is 6.93. The lowest BCUT2D eigenvalue weighted by atomic mass is 9.94. The van der Waals surface area contributed by atoms with Crippen molar-refractivity contribution in [3.8, 4) is 11.1 Å². The summed E-state index contributed by atoms with van der Waals surface area (Å²) in [5.41, 5.74) is 5.80. The minimum atomic E-state index is -0.647. The van der Waals surface area contributed by atoms with Gasteiger partial charge in [-0.05, 0) is 85.5 Å². The van der Waals surface area contributed by atoms with Crippen LogP contribution in [0, 0.1) is 11.6 Å². The second-order valence-corrected chi connectivity index (χ2v) is 12.2. The van der Waals surface area contributed by atoms with Crippen LogP contribution in [0.15, 0.2) is 67.3 Å². The van der Waals surface area contributed by atoms with E-state index in [2.05, 4.69) is 53.7 Å². The number of nitrogens with one attached hydrogen (secondary N) is 3. The minimum Gasteiger partial charge on any atom is -0.381 e. The van der Waals surface area contributed by atoms with Gasteiger partial charge in [-0.3, -0.25) is 9.89 Å². The van der Waals surface area contributed by atoms with Crippen LogP contribution in [0.25, 0.3) is 22.0 Å². The molecule has 10 nitrogen and oxygen atoms in total. The first-order valence-electron chi connectivity index (χ1n) is 15.8. The molecule has 0 bridgehead atoms. The monoisotopic (exact) mass is 638 g/mol. The highest BCUT2D eigenvalue weighted by Gasteiger charge is 2.23. The highest BCUT2D eigenvalue weighted by Crippen LogP contribution is 2.33. The van der Waals surface area contributed by atoms with Crippen LogP contribution in [-0.2, 0) is 11.2 Å². The van der Waals surface area contributed by atoms with Crippen LogP contribution < -0.4 is 15.5 Å². The molecule has 47 heavy (non-hydrogen) atoms. The number of hydrogen-bond acceptors (Lipinski definition) is 8. The van der Waals surface area contributed by atoms with Gasteiger partial charge in [0.25, 0.3) is 5.91 Å². The number of amides is 1. The Bertz CT molecular complexity index is 1870. The molecule has 0 spiro atoms. The van der Waals surface area contributed by atoms with Crippen LogP contribution in [0.3, 0.4) is 0 Å². The molecule has 2 aliphatic heterocycles. The molecule has 242 valence electrons. The average Bonchev–Trinajstić information content (AvgIpc) is 3.46. The second-order valence-electron chi connectivity index (χ2n) is 12.2. The first kappa shape index (κ1) is 30.7. The Morgan fingerprint density at radius 3 is 2.47 bits per heavy atom. The molecule has 5 aromatic rings. The number of piperazine rings is 1. The number of H-pyrrole nitrogens is 1. The molecule has 3 N–H and O–H groups in total. The van der Waals surface area contributed by atoms with Crippen LogP contribution in [-0.4, -0.2) is 83.5 Å². The summed E-state index contributed by atoms with van der Waals surface area (Å²) in [6, 6.07) is 13.4. The zero-order valence-electron chi connectivity index (χ0n) is 26.1. The van der Waals surface area contributed by atoms with Gasteiger partial charge in [-0.2, -0.15) is 5.10 Å². The van der Waals surface area contributed by atoms with E-state index in [1.165, 1.54) is 18.5 Å². The Labute approximate surface area is 271 Å². The molecule has 1 amide bonds. The van der Waals surface area contributed by atoms with Crippen LogP contribution in [0.2, 0.25) is 0 Å². The van der Waals surface area contributed by atoms with Gasteiger partial charge in [0.1, 0.15) is 18.0 Å². The van der Waals surface area contributed by atoms with Crippen molar-refractivity contribution in [2.24, 2.45) is 0 Å². The van der Waals surface area contributed by atoms with Crippen molar-refractivity contribution >= 4 is 34.0 Å². The molecule has 4 heterocycles. The molecule has 0 saturated carbocycles. The van der Waals surface area contributed by atoms with E-state index in [1.54, 1.807) is 12.4 Å². The Hall–Kier alpha value is -4.94. The number of likely N-dealkylation sites (N-methyl/N-ethyl adjacent to an activating group) is 1. The quantitative estimate of drug-likeness (QED) is 0.205. The van der Waals surface area contributed by atoms with Crippen LogP contribution in [0.1, 0.15) is 34.3 Å². The van der Waals surface area contributed by atoms with E-state index in [9.17, 15) is 13.6 Å². The summed E-state index contributed by atoms with van der Waals surface area (Å²) < 4.78 is 33.8. The Morgan fingerprint density at radius 1 is 0.979 bits per heavy atom. The number of benzene rings is 3. The van der Waals surface area contributed by atoms with Gasteiger partial charge >= 0.3 is 0 Å². The summed E-state index contributed by atoms with van der Waals surface area (Å²) in [5, 5.41) is 14.8. The SMILES string of the molecule is CN1CCN(c2ccc(C(=O)Nc3n[nH]c4cc(-c5cncnc5)c(Cc5cc(F)cc(F)c5)cc34)c(NC3CCOCC3)c2)CC1. The van der Waals surface area contributed by atoms with Crippen LogP contribution in [0.5, 0.6) is 0 Å². The normalized spacial score (nSPS) is 16.0.